The van der Waals surface area contributed by atoms with Gasteiger partial charge in [-0.15, -0.1) is 0 Å². The molecule has 1 N–H and O–H groups in total. The fourth-order valence-corrected chi connectivity index (χ4v) is 3.06. The van der Waals surface area contributed by atoms with Crippen LogP contribution in [-0.2, 0) is 9.53 Å². The highest BCUT2D eigenvalue weighted by molar-refractivity contribution is 6.30. The number of rotatable bonds is 4. The SMILES string of the molecule is Cc1c(C(=O)N2CCO[C@@H](CC(=O)O)C2)cnn1-c1cccc(Cl)c1. The van der Waals surface area contributed by atoms with Crippen molar-refractivity contribution in [2.24, 2.45) is 0 Å². The van der Waals surface area contributed by atoms with Gasteiger partial charge in [0.15, 0.2) is 0 Å². The van der Waals surface area contributed by atoms with Crippen molar-refractivity contribution < 1.29 is 19.4 Å². The lowest BCUT2D eigenvalue weighted by atomic mass is 10.1. The Bertz CT molecular complexity index is 805. The minimum absolute atomic E-state index is 0.120. The van der Waals surface area contributed by atoms with Crippen LogP contribution in [0.15, 0.2) is 30.5 Å². The van der Waals surface area contributed by atoms with Gasteiger partial charge in [0.2, 0.25) is 0 Å². The van der Waals surface area contributed by atoms with E-state index in [1.807, 2.05) is 19.1 Å². The van der Waals surface area contributed by atoms with E-state index in [-0.39, 0.29) is 18.9 Å². The van der Waals surface area contributed by atoms with Gasteiger partial charge in [0.05, 0.1) is 42.3 Å². The fraction of sp³-hybridized carbons (Fsp3) is 0.353. The molecule has 0 spiro atoms. The maximum atomic E-state index is 12.8. The summed E-state index contributed by atoms with van der Waals surface area (Å²) in [6.45, 7) is 2.82. The predicted molar refractivity (Wildman–Crippen MR) is 91.2 cm³/mol. The van der Waals surface area contributed by atoms with Crippen molar-refractivity contribution in [2.45, 2.75) is 19.4 Å². The van der Waals surface area contributed by atoms with Gasteiger partial charge >= 0.3 is 5.97 Å². The quantitative estimate of drug-likeness (QED) is 0.899. The van der Waals surface area contributed by atoms with Crippen LogP contribution in [0.4, 0.5) is 0 Å². The number of carboxylic acids is 1. The number of halogens is 1. The molecule has 8 heteroatoms. The number of aromatic nitrogens is 2. The summed E-state index contributed by atoms with van der Waals surface area (Å²) in [5.41, 5.74) is 1.96. The van der Waals surface area contributed by atoms with E-state index in [1.165, 1.54) is 6.20 Å². The lowest BCUT2D eigenvalue weighted by Gasteiger charge is -2.32. The maximum absolute atomic E-state index is 12.8. The zero-order chi connectivity index (χ0) is 18.0. The molecule has 0 saturated carbocycles. The van der Waals surface area contributed by atoms with Crippen molar-refractivity contribution in [3.05, 3.63) is 46.7 Å². The number of benzene rings is 1. The molecule has 1 aliphatic rings. The van der Waals surface area contributed by atoms with Gasteiger partial charge in [0, 0.05) is 18.1 Å². The highest BCUT2D eigenvalue weighted by Gasteiger charge is 2.28. The van der Waals surface area contributed by atoms with Gasteiger partial charge in [-0.25, -0.2) is 4.68 Å². The zero-order valence-corrected chi connectivity index (χ0v) is 14.4. The van der Waals surface area contributed by atoms with E-state index in [0.717, 1.165) is 5.69 Å². The van der Waals surface area contributed by atoms with Crippen LogP contribution >= 0.6 is 11.6 Å². The van der Waals surface area contributed by atoms with Crippen molar-refractivity contribution in [1.82, 2.24) is 14.7 Å². The van der Waals surface area contributed by atoms with Crippen molar-refractivity contribution in [1.29, 1.82) is 0 Å². The number of carbonyl (C=O) groups excluding carboxylic acids is 1. The van der Waals surface area contributed by atoms with Crippen LogP contribution in [0.1, 0.15) is 22.5 Å². The first-order chi connectivity index (χ1) is 12.0. The number of carboxylic acid groups (broad SMARTS) is 1. The van der Waals surface area contributed by atoms with Gasteiger partial charge in [-0.1, -0.05) is 17.7 Å². The second-order valence-electron chi connectivity index (χ2n) is 5.88. The Labute approximate surface area is 149 Å². The van der Waals surface area contributed by atoms with E-state index in [0.29, 0.717) is 29.4 Å². The summed E-state index contributed by atoms with van der Waals surface area (Å²) in [7, 11) is 0. The average molecular weight is 364 g/mol. The molecule has 132 valence electrons. The molecule has 7 nitrogen and oxygen atoms in total. The molecule has 3 rings (SSSR count). The molecule has 1 saturated heterocycles. The zero-order valence-electron chi connectivity index (χ0n) is 13.7. The molecule has 0 unspecified atom stereocenters. The van der Waals surface area contributed by atoms with Crippen LogP contribution < -0.4 is 0 Å². The van der Waals surface area contributed by atoms with Crippen molar-refractivity contribution >= 4 is 23.5 Å². The molecular weight excluding hydrogens is 346 g/mol. The monoisotopic (exact) mass is 363 g/mol. The van der Waals surface area contributed by atoms with Gasteiger partial charge < -0.3 is 14.7 Å². The summed E-state index contributed by atoms with van der Waals surface area (Å²) in [5, 5.41) is 13.8. The minimum Gasteiger partial charge on any atom is -0.481 e. The third kappa shape index (κ3) is 3.83. The molecule has 1 amide bonds. The number of hydrogen-bond donors (Lipinski definition) is 1. The second-order valence-corrected chi connectivity index (χ2v) is 6.31. The molecule has 0 bridgehead atoms. The standard InChI is InChI=1S/C17H18ClN3O4/c1-11-15(9-19-21(11)13-4-2-3-12(18)7-13)17(24)20-5-6-25-14(10-20)8-16(22)23/h2-4,7,9,14H,5-6,8,10H2,1H3,(H,22,23)/t14-/m0/s1. The summed E-state index contributed by atoms with van der Waals surface area (Å²) in [6.07, 6.45) is 0.920. The van der Waals surface area contributed by atoms with E-state index in [4.69, 9.17) is 21.4 Å². The third-order valence-electron chi connectivity index (χ3n) is 4.12. The lowest BCUT2D eigenvalue weighted by molar-refractivity contribution is -0.141. The molecule has 2 aromatic rings. The van der Waals surface area contributed by atoms with E-state index < -0.39 is 12.1 Å². The molecule has 1 aliphatic heterocycles. The number of hydrogen-bond acceptors (Lipinski definition) is 4. The normalized spacial score (nSPS) is 17.5. The second kappa shape index (κ2) is 7.25. The largest absolute Gasteiger partial charge is 0.481 e. The number of ether oxygens (including phenoxy) is 1. The smallest absolute Gasteiger partial charge is 0.306 e. The summed E-state index contributed by atoms with van der Waals surface area (Å²) in [4.78, 5) is 25.3. The van der Waals surface area contributed by atoms with E-state index in [2.05, 4.69) is 5.10 Å². The minimum atomic E-state index is -0.941. The van der Waals surface area contributed by atoms with Crippen LogP contribution in [0, 0.1) is 6.92 Å². The number of amides is 1. The highest BCUT2D eigenvalue weighted by Crippen LogP contribution is 2.20. The molecule has 1 fully saturated rings. The van der Waals surface area contributed by atoms with Crippen LogP contribution in [0.5, 0.6) is 0 Å². The van der Waals surface area contributed by atoms with Crippen molar-refractivity contribution in [2.75, 3.05) is 19.7 Å². The topological polar surface area (TPSA) is 84.7 Å². The van der Waals surface area contributed by atoms with E-state index in [1.54, 1.807) is 21.7 Å². The van der Waals surface area contributed by atoms with Crippen LogP contribution in [0.2, 0.25) is 5.02 Å². The predicted octanol–water partition coefficient (Wildman–Crippen LogP) is 2.15. The fourth-order valence-electron chi connectivity index (χ4n) is 2.88. The summed E-state index contributed by atoms with van der Waals surface area (Å²) >= 11 is 6.02. The summed E-state index contributed by atoms with van der Waals surface area (Å²) in [6, 6.07) is 7.22. The Morgan fingerprint density at radius 3 is 2.96 bits per heavy atom. The first-order valence-electron chi connectivity index (χ1n) is 7.89. The number of morpholine rings is 1. The van der Waals surface area contributed by atoms with Crippen LogP contribution in [-0.4, -0.2) is 57.5 Å². The Morgan fingerprint density at radius 1 is 1.44 bits per heavy atom. The van der Waals surface area contributed by atoms with Crippen molar-refractivity contribution in [3.8, 4) is 5.69 Å². The molecule has 0 aliphatic carbocycles. The number of nitrogens with zero attached hydrogens (tertiary/aromatic N) is 3. The number of carbonyl (C=O) groups is 2. The summed E-state index contributed by atoms with van der Waals surface area (Å²) < 4.78 is 7.07. The van der Waals surface area contributed by atoms with Gasteiger partial charge in [-0.2, -0.15) is 5.10 Å². The van der Waals surface area contributed by atoms with Gasteiger partial charge in [-0.3, -0.25) is 9.59 Å². The molecular formula is C17H18ClN3O4. The first-order valence-corrected chi connectivity index (χ1v) is 8.26. The summed E-state index contributed by atoms with van der Waals surface area (Å²) in [5.74, 6) is -1.12. The molecule has 0 radical (unpaired) electrons. The highest BCUT2D eigenvalue weighted by atomic mass is 35.5. The molecule has 2 heterocycles. The Hall–Kier alpha value is -2.38. The lowest BCUT2D eigenvalue weighted by Crippen LogP contribution is -2.46. The van der Waals surface area contributed by atoms with Crippen LogP contribution in [0.25, 0.3) is 5.69 Å². The molecule has 1 atom stereocenters. The Morgan fingerprint density at radius 2 is 2.24 bits per heavy atom. The van der Waals surface area contributed by atoms with Gasteiger partial charge in [0.1, 0.15) is 0 Å². The van der Waals surface area contributed by atoms with Gasteiger partial charge in [0.25, 0.3) is 5.91 Å². The third-order valence-corrected chi connectivity index (χ3v) is 4.36. The maximum Gasteiger partial charge on any atom is 0.306 e. The number of aliphatic carboxylic acids is 1. The molecule has 25 heavy (non-hydrogen) atoms. The first kappa shape index (κ1) is 17.4. The van der Waals surface area contributed by atoms with Crippen molar-refractivity contribution in [3.63, 3.8) is 0 Å². The van der Waals surface area contributed by atoms with E-state index in [9.17, 15) is 9.59 Å². The Kier molecular flexibility index (Phi) is 5.06. The average Bonchev–Trinajstić information content (AvgIpc) is 2.95. The van der Waals surface area contributed by atoms with E-state index >= 15 is 0 Å². The molecule has 1 aromatic carbocycles. The molecule has 1 aromatic heterocycles. The van der Waals surface area contributed by atoms with Crippen LogP contribution in [0.3, 0.4) is 0 Å². The van der Waals surface area contributed by atoms with Gasteiger partial charge in [-0.05, 0) is 25.1 Å². The Balaban J connectivity index is 1.80.